The average molecular weight is 156 g/mol. The number of nitroso groups, excluding NO2 is 1. The SMILES string of the molecule is O=NC(Cl)c1ccccc1. The molecule has 2 nitrogen and oxygen atoms in total. The molecule has 0 aliphatic heterocycles. The number of hydrogen-bond donors (Lipinski definition) is 0. The number of halogens is 1. The van der Waals surface area contributed by atoms with E-state index in [0.29, 0.717) is 0 Å². The highest BCUT2D eigenvalue weighted by Crippen LogP contribution is 2.19. The summed E-state index contributed by atoms with van der Waals surface area (Å²) >= 11 is 5.51. The molecule has 1 aromatic rings. The van der Waals surface area contributed by atoms with Crippen LogP contribution in [0.25, 0.3) is 0 Å². The van der Waals surface area contributed by atoms with Gasteiger partial charge in [0.05, 0.1) is 0 Å². The molecule has 52 valence electrons. The average Bonchev–Trinajstić information content (AvgIpc) is 2.05. The maximum absolute atomic E-state index is 9.92. The lowest BCUT2D eigenvalue weighted by atomic mass is 10.2. The summed E-state index contributed by atoms with van der Waals surface area (Å²) in [6.07, 6.45) is 0. The molecule has 0 aliphatic rings. The summed E-state index contributed by atoms with van der Waals surface area (Å²) in [7, 11) is 0. The van der Waals surface area contributed by atoms with Crippen molar-refractivity contribution in [3.05, 3.63) is 40.8 Å². The Morgan fingerprint density at radius 1 is 1.30 bits per heavy atom. The Balaban J connectivity index is 2.84. The molecule has 0 amide bonds. The van der Waals surface area contributed by atoms with Crippen molar-refractivity contribution in [2.24, 2.45) is 5.18 Å². The largest absolute Gasteiger partial charge is 0.190 e. The molecule has 0 aliphatic carbocycles. The molecule has 0 fully saturated rings. The molecule has 1 rings (SSSR count). The fourth-order valence-electron chi connectivity index (χ4n) is 0.673. The Hall–Kier alpha value is -0.890. The van der Waals surface area contributed by atoms with Crippen LogP contribution in [0.4, 0.5) is 0 Å². The van der Waals surface area contributed by atoms with Crippen LogP contribution in [0.1, 0.15) is 11.1 Å². The minimum atomic E-state index is -0.749. The zero-order chi connectivity index (χ0) is 7.40. The Morgan fingerprint density at radius 2 is 1.90 bits per heavy atom. The maximum Gasteiger partial charge on any atom is 0.190 e. The molecule has 3 heteroatoms. The molecule has 0 N–H and O–H groups in total. The van der Waals surface area contributed by atoms with Gasteiger partial charge >= 0.3 is 0 Å². The molecule has 0 spiro atoms. The Bertz CT molecular complexity index is 212. The van der Waals surface area contributed by atoms with Gasteiger partial charge in [0, 0.05) is 0 Å². The molecule has 10 heavy (non-hydrogen) atoms. The molecule has 0 radical (unpaired) electrons. The van der Waals surface area contributed by atoms with E-state index in [9.17, 15) is 4.91 Å². The van der Waals surface area contributed by atoms with E-state index in [4.69, 9.17) is 11.6 Å². The zero-order valence-electron chi connectivity index (χ0n) is 5.20. The topological polar surface area (TPSA) is 29.4 Å². The van der Waals surface area contributed by atoms with E-state index in [0.717, 1.165) is 5.56 Å². The first kappa shape index (κ1) is 7.22. The summed E-state index contributed by atoms with van der Waals surface area (Å²) in [4.78, 5) is 9.92. The van der Waals surface area contributed by atoms with Gasteiger partial charge in [-0.15, -0.1) is 4.91 Å². The summed E-state index contributed by atoms with van der Waals surface area (Å²) in [5, 5.41) is 2.67. The first-order valence-corrected chi connectivity index (χ1v) is 3.29. The van der Waals surface area contributed by atoms with Gasteiger partial charge in [0.2, 0.25) is 0 Å². The number of nitrogens with zero attached hydrogens (tertiary/aromatic N) is 1. The second-order valence-electron chi connectivity index (χ2n) is 1.85. The van der Waals surface area contributed by atoms with Crippen molar-refractivity contribution in [1.82, 2.24) is 0 Å². The Labute approximate surface area is 63.8 Å². The third-order valence-corrected chi connectivity index (χ3v) is 1.50. The van der Waals surface area contributed by atoms with Crippen LogP contribution in [-0.2, 0) is 0 Å². The van der Waals surface area contributed by atoms with E-state index in [-0.39, 0.29) is 0 Å². The van der Waals surface area contributed by atoms with Gasteiger partial charge in [-0.1, -0.05) is 41.9 Å². The van der Waals surface area contributed by atoms with Crippen LogP contribution < -0.4 is 0 Å². The molecule has 0 bridgehead atoms. The number of rotatable bonds is 2. The summed E-state index contributed by atoms with van der Waals surface area (Å²) in [6, 6.07) is 9.02. The van der Waals surface area contributed by atoms with Gasteiger partial charge in [0.1, 0.15) is 0 Å². The van der Waals surface area contributed by atoms with Crippen LogP contribution in [0, 0.1) is 4.91 Å². The number of alkyl halides is 1. The third-order valence-electron chi connectivity index (χ3n) is 1.17. The molecular weight excluding hydrogens is 150 g/mol. The molecular formula is C7H6ClNO. The minimum Gasteiger partial charge on any atom is -0.149 e. The van der Waals surface area contributed by atoms with Crippen molar-refractivity contribution >= 4 is 11.6 Å². The van der Waals surface area contributed by atoms with Crippen LogP contribution in [-0.4, -0.2) is 0 Å². The van der Waals surface area contributed by atoms with Crippen molar-refractivity contribution in [3.63, 3.8) is 0 Å². The molecule has 1 atom stereocenters. The van der Waals surface area contributed by atoms with E-state index in [1.807, 2.05) is 18.2 Å². The smallest absolute Gasteiger partial charge is 0.149 e. The van der Waals surface area contributed by atoms with Crippen LogP contribution in [0.3, 0.4) is 0 Å². The third kappa shape index (κ3) is 1.54. The first-order chi connectivity index (χ1) is 4.84. The predicted octanol–water partition coefficient (Wildman–Crippen LogP) is 2.69. The highest BCUT2D eigenvalue weighted by molar-refractivity contribution is 6.20. The quantitative estimate of drug-likeness (QED) is 0.367. The van der Waals surface area contributed by atoms with Gasteiger partial charge in [-0.2, -0.15) is 0 Å². The van der Waals surface area contributed by atoms with Crippen LogP contribution in [0.5, 0.6) is 0 Å². The van der Waals surface area contributed by atoms with E-state index >= 15 is 0 Å². The summed E-state index contributed by atoms with van der Waals surface area (Å²) in [6.45, 7) is 0. The van der Waals surface area contributed by atoms with Gasteiger partial charge < -0.3 is 0 Å². The number of benzene rings is 1. The number of hydrogen-bond acceptors (Lipinski definition) is 2. The minimum absolute atomic E-state index is 0.735. The highest BCUT2D eigenvalue weighted by Gasteiger charge is 2.03. The molecule has 1 aromatic carbocycles. The first-order valence-electron chi connectivity index (χ1n) is 2.86. The van der Waals surface area contributed by atoms with Crippen molar-refractivity contribution in [2.75, 3.05) is 0 Å². The molecule has 0 saturated heterocycles. The van der Waals surface area contributed by atoms with E-state index in [1.165, 1.54) is 0 Å². The highest BCUT2D eigenvalue weighted by atomic mass is 35.5. The van der Waals surface area contributed by atoms with Gasteiger partial charge in [0.25, 0.3) is 0 Å². The summed E-state index contributed by atoms with van der Waals surface area (Å²) < 4.78 is 0. The molecule has 0 heterocycles. The Kier molecular flexibility index (Phi) is 2.40. The fourth-order valence-corrected chi connectivity index (χ4v) is 0.818. The maximum atomic E-state index is 9.92. The van der Waals surface area contributed by atoms with Crippen LogP contribution >= 0.6 is 11.6 Å². The van der Waals surface area contributed by atoms with Gasteiger partial charge in [-0.3, -0.25) is 0 Å². The molecule has 1 unspecified atom stereocenters. The van der Waals surface area contributed by atoms with Crippen molar-refractivity contribution < 1.29 is 0 Å². The monoisotopic (exact) mass is 155 g/mol. The summed E-state index contributed by atoms with van der Waals surface area (Å²) in [5.41, 5.74) is -0.0135. The van der Waals surface area contributed by atoms with Gasteiger partial charge in [-0.05, 0) is 10.7 Å². The normalized spacial score (nSPS) is 12.5. The van der Waals surface area contributed by atoms with E-state index < -0.39 is 5.50 Å². The van der Waals surface area contributed by atoms with E-state index in [2.05, 4.69) is 5.18 Å². The van der Waals surface area contributed by atoms with Crippen LogP contribution in [0.2, 0.25) is 0 Å². The van der Waals surface area contributed by atoms with Crippen molar-refractivity contribution in [3.8, 4) is 0 Å². The molecule has 0 saturated carbocycles. The Morgan fingerprint density at radius 3 is 2.40 bits per heavy atom. The standard InChI is InChI=1S/C7H6ClNO/c8-7(9-10)6-4-2-1-3-5-6/h1-5,7H. The van der Waals surface area contributed by atoms with Crippen molar-refractivity contribution in [1.29, 1.82) is 0 Å². The second kappa shape index (κ2) is 3.32. The lowest BCUT2D eigenvalue weighted by Crippen LogP contribution is -1.82. The van der Waals surface area contributed by atoms with E-state index in [1.54, 1.807) is 12.1 Å². The van der Waals surface area contributed by atoms with Gasteiger partial charge in [0.15, 0.2) is 5.50 Å². The van der Waals surface area contributed by atoms with Crippen molar-refractivity contribution in [2.45, 2.75) is 5.50 Å². The van der Waals surface area contributed by atoms with Crippen LogP contribution in [0.15, 0.2) is 35.5 Å². The zero-order valence-corrected chi connectivity index (χ0v) is 5.95. The lowest BCUT2D eigenvalue weighted by Gasteiger charge is -1.97. The molecule has 0 aromatic heterocycles. The fraction of sp³-hybridized carbons (Fsp3) is 0.143. The van der Waals surface area contributed by atoms with Gasteiger partial charge in [-0.25, -0.2) is 0 Å². The summed E-state index contributed by atoms with van der Waals surface area (Å²) in [5.74, 6) is 0. The predicted molar refractivity (Wildman–Crippen MR) is 40.8 cm³/mol. The second-order valence-corrected chi connectivity index (χ2v) is 2.27. The lowest BCUT2D eigenvalue weighted by molar-refractivity contribution is 1.00.